The van der Waals surface area contributed by atoms with E-state index >= 15 is 0 Å². The minimum Gasteiger partial charge on any atom is -0.339 e. The molecule has 0 saturated carbocycles. The minimum atomic E-state index is 0.190. The minimum absolute atomic E-state index is 0.190. The molecule has 1 aliphatic heterocycles. The number of halogens is 1. The summed E-state index contributed by atoms with van der Waals surface area (Å²) in [6.45, 7) is 6.40. The Morgan fingerprint density at radius 2 is 1.95 bits per heavy atom. The molecule has 1 unspecified atom stereocenters. The average molecular weight is 338 g/mol. The summed E-state index contributed by atoms with van der Waals surface area (Å²) in [4.78, 5) is 14.6. The number of hydrogen-bond acceptors (Lipinski definition) is 1. The van der Waals surface area contributed by atoms with Crippen LogP contribution in [0, 0.1) is 11.8 Å². The first-order chi connectivity index (χ1) is 9.61. The maximum absolute atomic E-state index is 12.5. The van der Waals surface area contributed by atoms with Gasteiger partial charge in [0.25, 0.3) is 5.91 Å². The number of rotatable bonds is 3. The number of carbonyl (C=O) groups is 1. The number of likely N-dealkylation sites (tertiary alicyclic amines) is 1. The first-order valence-corrected chi connectivity index (χ1v) is 8.68. The summed E-state index contributed by atoms with van der Waals surface area (Å²) < 4.78 is 0. The maximum Gasteiger partial charge on any atom is 0.253 e. The van der Waals surface area contributed by atoms with Crippen molar-refractivity contribution in [2.75, 3.05) is 13.1 Å². The lowest BCUT2D eigenvalue weighted by Gasteiger charge is -2.21. The Kier molecular flexibility index (Phi) is 5.64. The second-order valence-electron chi connectivity index (χ2n) is 6.06. The first kappa shape index (κ1) is 15.6. The van der Waals surface area contributed by atoms with Gasteiger partial charge in [0, 0.05) is 24.0 Å². The van der Waals surface area contributed by atoms with Crippen LogP contribution in [0.3, 0.4) is 0 Å². The molecule has 0 radical (unpaired) electrons. The summed E-state index contributed by atoms with van der Waals surface area (Å²) in [7, 11) is 0. The Balaban J connectivity index is 2.01. The van der Waals surface area contributed by atoms with E-state index in [1.165, 1.54) is 12.0 Å². The topological polar surface area (TPSA) is 20.3 Å². The molecule has 2 nitrogen and oxygen atoms in total. The molecule has 0 aromatic heterocycles. The number of amides is 1. The Hall–Kier alpha value is -0.830. The zero-order valence-corrected chi connectivity index (χ0v) is 14.0. The van der Waals surface area contributed by atoms with Crippen LogP contribution in [0.4, 0.5) is 0 Å². The lowest BCUT2D eigenvalue weighted by molar-refractivity contribution is 0.0759. The zero-order valence-electron chi connectivity index (χ0n) is 12.4. The van der Waals surface area contributed by atoms with Crippen LogP contribution >= 0.6 is 15.9 Å². The number of benzene rings is 1. The third kappa shape index (κ3) is 3.85. The molecular formula is C17H24BrNO. The third-order valence-electron chi connectivity index (χ3n) is 4.36. The van der Waals surface area contributed by atoms with Crippen molar-refractivity contribution < 1.29 is 4.79 Å². The van der Waals surface area contributed by atoms with E-state index in [0.29, 0.717) is 0 Å². The van der Waals surface area contributed by atoms with Gasteiger partial charge in [-0.15, -0.1) is 0 Å². The van der Waals surface area contributed by atoms with Crippen molar-refractivity contribution in [1.29, 1.82) is 0 Å². The van der Waals surface area contributed by atoms with Gasteiger partial charge < -0.3 is 4.90 Å². The Morgan fingerprint density at radius 3 is 2.55 bits per heavy atom. The van der Waals surface area contributed by atoms with Crippen molar-refractivity contribution in [3.05, 3.63) is 35.4 Å². The van der Waals surface area contributed by atoms with Crippen LogP contribution < -0.4 is 0 Å². The van der Waals surface area contributed by atoms with Crippen LogP contribution in [-0.2, 0) is 5.33 Å². The van der Waals surface area contributed by atoms with E-state index in [1.807, 2.05) is 29.2 Å². The molecule has 1 aliphatic rings. The van der Waals surface area contributed by atoms with Crippen molar-refractivity contribution in [2.45, 2.75) is 38.4 Å². The van der Waals surface area contributed by atoms with Crippen molar-refractivity contribution in [2.24, 2.45) is 11.8 Å². The second-order valence-corrected chi connectivity index (χ2v) is 6.62. The molecule has 20 heavy (non-hydrogen) atoms. The van der Waals surface area contributed by atoms with Gasteiger partial charge in [-0.3, -0.25) is 4.79 Å². The smallest absolute Gasteiger partial charge is 0.253 e. The SMILES string of the molecule is CC(C)C1CCCN(C(=O)c2ccc(CBr)cc2)CC1. The van der Waals surface area contributed by atoms with Gasteiger partial charge in [0.1, 0.15) is 0 Å². The number of alkyl halides is 1. The molecule has 3 heteroatoms. The predicted molar refractivity (Wildman–Crippen MR) is 87.2 cm³/mol. The normalized spacial score (nSPS) is 20.0. The van der Waals surface area contributed by atoms with Gasteiger partial charge in [0.2, 0.25) is 0 Å². The Morgan fingerprint density at radius 1 is 1.25 bits per heavy atom. The van der Waals surface area contributed by atoms with Crippen molar-refractivity contribution in [3.8, 4) is 0 Å². The molecule has 110 valence electrons. The maximum atomic E-state index is 12.5. The average Bonchev–Trinajstić information content (AvgIpc) is 2.72. The number of nitrogens with zero attached hydrogens (tertiary/aromatic N) is 1. The molecule has 2 rings (SSSR count). The molecule has 1 amide bonds. The summed E-state index contributed by atoms with van der Waals surface area (Å²) in [5, 5.41) is 0.835. The van der Waals surface area contributed by atoms with Crippen molar-refractivity contribution in [3.63, 3.8) is 0 Å². The fourth-order valence-corrected chi connectivity index (χ4v) is 3.28. The van der Waals surface area contributed by atoms with Crippen LogP contribution in [0.1, 0.15) is 49.0 Å². The van der Waals surface area contributed by atoms with Crippen LogP contribution in [0.15, 0.2) is 24.3 Å². The summed E-state index contributed by atoms with van der Waals surface area (Å²) in [6, 6.07) is 7.95. The highest BCUT2D eigenvalue weighted by atomic mass is 79.9. The highest BCUT2D eigenvalue weighted by Gasteiger charge is 2.22. The van der Waals surface area contributed by atoms with E-state index < -0.39 is 0 Å². The molecule has 1 fully saturated rings. The highest BCUT2D eigenvalue weighted by molar-refractivity contribution is 9.08. The standard InChI is InChI=1S/C17H24BrNO/c1-13(2)15-4-3-10-19(11-9-15)17(20)16-7-5-14(12-18)6-8-16/h5-8,13,15H,3-4,9-12H2,1-2H3. The molecule has 0 N–H and O–H groups in total. The highest BCUT2D eigenvalue weighted by Crippen LogP contribution is 2.25. The van der Waals surface area contributed by atoms with Crippen molar-refractivity contribution >= 4 is 21.8 Å². The largest absolute Gasteiger partial charge is 0.339 e. The zero-order chi connectivity index (χ0) is 14.5. The number of hydrogen-bond donors (Lipinski definition) is 0. The molecule has 1 atom stereocenters. The molecule has 1 aromatic carbocycles. The van der Waals surface area contributed by atoms with Gasteiger partial charge in [-0.25, -0.2) is 0 Å². The van der Waals surface area contributed by atoms with E-state index in [2.05, 4.69) is 29.8 Å². The fraction of sp³-hybridized carbons (Fsp3) is 0.588. The summed E-state index contributed by atoms with van der Waals surface area (Å²) in [5.41, 5.74) is 2.02. The molecule has 1 aromatic rings. The van der Waals surface area contributed by atoms with Gasteiger partial charge in [-0.2, -0.15) is 0 Å². The van der Waals surface area contributed by atoms with Gasteiger partial charge in [0.05, 0.1) is 0 Å². The molecule has 1 heterocycles. The number of carbonyl (C=O) groups excluding carboxylic acids is 1. The van der Waals surface area contributed by atoms with Gasteiger partial charge >= 0.3 is 0 Å². The summed E-state index contributed by atoms with van der Waals surface area (Å²) in [6.07, 6.45) is 3.53. The van der Waals surface area contributed by atoms with E-state index in [-0.39, 0.29) is 5.91 Å². The van der Waals surface area contributed by atoms with Gasteiger partial charge in [0.15, 0.2) is 0 Å². The van der Waals surface area contributed by atoms with Crippen LogP contribution in [0.5, 0.6) is 0 Å². The summed E-state index contributed by atoms with van der Waals surface area (Å²) >= 11 is 3.43. The van der Waals surface area contributed by atoms with Crippen molar-refractivity contribution in [1.82, 2.24) is 4.90 Å². The third-order valence-corrected chi connectivity index (χ3v) is 5.01. The predicted octanol–water partition coefficient (Wildman–Crippen LogP) is 4.48. The van der Waals surface area contributed by atoms with E-state index in [9.17, 15) is 4.79 Å². The summed E-state index contributed by atoms with van der Waals surface area (Å²) in [5.74, 6) is 1.68. The van der Waals surface area contributed by atoms with E-state index in [1.54, 1.807) is 0 Å². The van der Waals surface area contributed by atoms with Gasteiger partial charge in [-0.1, -0.05) is 41.9 Å². The lowest BCUT2D eigenvalue weighted by Crippen LogP contribution is -2.32. The molecule has 0 bridgehead atoms. The Labute approximate surface area is 130 Å². The van der Waals surface area contributed by atoms with Crippen LogP contribution in [0.2, 0.25) is 0 Å². The van der Waals surface area contributed by atoms with E-state index in [0.717, 1.165) is 48.7 Å². The van der Waals surface area contributed by atoms with Crippen LogP contribution in [-0.4, -0.2) is 23.9 Å². The van der Waals surface area contributed by atoms with Crippen LogP contribution in [0.25, 0.3) is 0 Å². The fourth-order valence-electron chi connectivity index (χ4n) is 2.91. The molecule has 1 saturated heterocycles. The second kappa shape index (κ2) is 7.26. The van der Waals surface area contributed by atoms with Gasteiger partial charge in [-0.05, 0) is 48.8 Å². The molecule has 0 spiro atoms. The quantitative estimate of drug-likeness (QED) is 0.744. The van der Waals surface area contributed by atoms with E-state index in [4.69, 9.17) is 0 Å². The molecule has 0 aliphatic carbocycles. The monoisotopic (exact) mass is 337 g/mol. The molecular weight excluding hydrogens is 314 g/mol. The first-order valence-electron chi connectivity index (χ1n) is 7.56. The lowest BCUT2D eigenvalue weighted by atomic mass is 9.89. The Bertz CT molecular complexity index is 441.